The molecule has 19 heavy (non-hydrogen) atoms. The molecular formula is C14H22N4S. The second-order valence-electron chi connectivity index (χ2n) is 5.60. The van der Waals surface area contributed by atoms with Gasteiger partial charge in [0.15, 0.2) is 0 Å². The molecule has 1 saturated heterocycles. The van der Waals surface area contributed by atoms with Crippen LogP contribution in [-0.4, -0.2) is 20.7 Å². The smallest absolute Gasteiger partial charge is 0.223 e. The average molecular weight is 278 g/mol. The highest BCUT2D eigenvalue weighted by molar-refractivity contribution is 7.99. The highest BCUT2D eigenvalue weighted by Gasteiger charge is 2.23. The van der Waals surface area contributed by atoms with Crippen molar-refractivity contribution in [1.82, 2.24) is 15.0 Å². The van der Waals surface area contributed by atoms with E-state index in [9.17, 15) is 0 Å². The molecule has 1 aromatic rings. The number of anilines is 1. The zero-order chi connectivity index (χ0) is 13.1. The fourth-order valence-corrected chi connectivity index (χ4v) is 4.30. The number of hydrogen-bond acceptors (Lipinski definition) is 5. The molecule has 1 aromatic heterocycles. The van der Waals surface area contributed by atoms with E-state index in [2.05, 4.69) is 9.97 Å². The Balaban J connectivity index is 1.82. The Morgan fingerprint density at radius 1 is 0.842 bits per heavy atom. The van der Waals surface area contributed by atoms with Gasteiger partial charge in [0.2, 0.25) is 5.95 Å². The lowest BCUT2D eigenvalue weighted by molar-refractivity contribution is 0.426. The maximum Gasteiger partial charge on any atom is 0.223 e. The summed E-state index contributed by atoms with van der Waals surface area (Å²) in [6.07, 6.45) is 10.1. The van der Waals surface area contributed by atoms with Crippen LogP contribution in [0.4, 0.5) is 5.95 Å². The monoisotopic (exact) mass is 278 g/mol. The van der Waals surface area contributed by atoms with Crippen molar-refractivity contribution >= 4 is 17.7 Å². The topological polar surface area (TPSA) is 64.7 Å². The first kappa shape index (κ1) is 13.2. The SMILES string of the molecule is Nc1nc(C2CCCCC2)nc(C2CCCCS2)n1. The molecule has 2 aliphatic rings. The molecule has 1 saturated carbocycles. The fourth-order valence-electron chi connectivity index (χ4n) is 3.06. The average Bonchev–Trinajstić information content (AvgIpc) is 2.48. The maximum atomic E-state index is 5.90. The largest absolute Gasteiger partial charge is 0.368 e. The van der Waals surface area contributed by atoms with Gasteiger partial charge in [0.1, 0.15) is 11.6 Å². The lowest BCUT2D eigenvalue weighted by Gasteiger charge is -2.23. The Hall–Kier alpha value is -0.840. The summed E-state index contributed by atoms with van der Waals surface area (Å²) in [5.74, 6) is 4.02. The normalized spacial score (nSPS) is 25.4. The second-order valence-corrected chi connectivity index (χ2v) is 6.91. The van der Waals surface area contributed by atoms with Gasteiger partial charge in [-0.25, -0.2) is 4.98 Å². The molecule has 1 unspecified atom stereocenters. The molecule has 1 aliphatic carbocycles. The Labute approximate surface area is 119 Å². The molecular weight excluding hydrogens is 256 g/mol. The molecule has 2 heterocycles. The predicted octanol–water partition coefficient (Wildman–Crippen LogP) is 3.46. The van der Waals surface area contributed by atoms with Crippen molar-refractivity contribution in [2.75, 3.05) is 11.5 Å². The standard InChI is InChI=1S/C14H22N4S/c15-14-17-12(10-6-2-1-3-7-10)16-13(18-14)11-8-4-5-9-19-11/h10-11H,1-9H2,(H2,15,16,17,18). The molecule has 0 radical (unpaired) electrons. The number of nitrogen functional groups attached to an aromatic ring is 1. The summed E-state index contributed by atoms with van der Waals surface area (Å²) >= 11 is 1.97. The van der Waals surface area contributed by atoms with Gasteiger partial charge < -0.3 is 5.73 Å². The van der Waals surface area contributed by atoms with Crippen LogP contribution in [0.5, 0.6) is 0 Å². The summed E-state index contributed by atoms with van der Waals surface area (Å²) in [6, 6.07) is 0. The van der Waals surface area contributed by atoms with Crippen LogP contribution in [0.1, 0.15) is 74.2 Å². The van der Waals surface area contributed by atoms with Crippen LogP contribution in [0.3, 0.4) is 0 Å². The van der Waals surface area contributed by atoms with Crippen molar-refractivity contribution in [3.8, 4) is 0 Å². The van der Waals surface area contributed by atoms with E-state index in [4.69, 9.17) is 10.7 Å². The molecule has 4 nitrogen and oxygen atoms in total. The van der Waals surface area contributed by atoms with E-state index < -0.39 is 0 Å². The molecule has 2 fully saturated rings. The van der Waals surface area contributed by atoms with E-state index in [0.717, 1.165) is 11.6 Å². The third kappa shape index (κ3) is 3.19. The van der Waals surface area contributed by atoms with Crippen molar-refractivity contribution in [3.63, 3.8) is 0 Å². The van der Waals surface area contributed by atoms with Crippen LogP contribution in [0, 0.1) is 0 Å². The molecule has 1 aliphatic heterocycles. The number of thioether (sulfide) groups is 1. The fraction of sp³-hybridized carbons (Fsp3) is 0.786. The molecule has 5 heteroatoms. The molecule has 1 atom stereocenters. The first-order valence-electron chi connectivity index (χ1n) is 7.46. The van der Waals surface area contributed by atoms with Gasteiger partial charge in [-0.05, 0) is 31.4 Å². The van der Waals surface area contributed by atoms with Gasteiger partial charge in [-0.1, -0.05) is 25.7 Å². The zero-order valence-electron chi connectivity index (χ0n) is 11.3. The minimum atomic E-state index is 0.414. The Kier molecular flexibility index (Phi) is 4.21. The highest BCUT2D eigenvalue weighted by Crippen LogP contribution is 2.38. The number of aromatic nitrogens is 3. The minimum absolute atomic E-state index is 0.414. The van der Waals surface area contributed by atoms with E-state index in [1.54, 1.807) is 0 Å². The van der Waals surface area contributed by atoms with Crippen LogP contribution >= 0.6 is 11.8 Å². The molecule has 104 valence electrons. The van der Waals surface area contributed by atoms with Crippen LogP contribution in [0.25, 0.3) is 0 Å². The highest BCUT2D eigenvalue weighted by atomic mass is 32.2. The zero-order valence-corrected chi connectivity index (χ0v) is 12.2. The molecule has 2 N–H and O–H groups in total. The molecule has 0 amide bonds. The Morgan fingerprint density at radius 3 is 2.32 bits per heavy atom. The number of nitrogens with two attached hydrogens (primary N) is 1. The molecule has 3 rings (SSSR count). The second kappa shape index (κ2) is 6.07. The van der Waals surface area contributed by atoms with Gasteiger partial charge in [-0.15, -0.1) is 0 Å². The van der Waals surface area contributed by atoms with Crippen molar-refractivity contribution in [1.29, 1.82) is 0 Å². The third-order valence-electron chi connectivity index (χ3n) is 4.13. The van der Waals surface area contributed by atoms with E-state index in [1.165, 1.54) is 57.1 Å². The van der Waals surface area contributed by atoms with Crippen molar-refractivity contribution < 1.29 is 0 Å². The lowest BCUT2D eigenvalue weighted by Crippen LogP contribution is -2.15. The molecule has 0 bridgehead atoms. The van der Waals surface area contributed by atoms with Crippen LogP contribution < -0.4 is 5.73 Å². The van der Waals surface area contributed by atoms with Gasteiger partial charge in [-0.3, -0.25) is 0 Å². The van der Waals surface area contributed by atoms with Gasteiger partial charge in [0, 0.05) is 5.92 Å². The van der Waals surface area contributed by atoms with E-state index in [-0.39, 0.29) is 0 Å². The number of nitrogens with zero attached hydrogens (tertiary/aromatic N) is 3. The van der Waals surface area contributed by atoms with Crippen molar-refractivity contribution in [2.45, 2.75) is 62.5 Å². The summed E-state index contributed by atoms with van der Waals surface area (Å²) < 4.78 is 0. The first-order chi connectivity index (χ1) is 9.33. The summed E-state index contributed by atoms with van der Waals surface area (Å²) in [6.45, 7) is 0. The van der Waals surface area contributed by atoms with E-state index in [0.29, 0.717) is 17.1 Å². The van der Waals surface area contributed by atoms with Gasteiger partial charge in [0.05, 0.1) is 5.25 Å². The van der Waals surface area contributed by atoms with E-state index in [1.807, 2.05) is 11.8 Å². The lowest BCUT2D eigenvalue weighted by atomic mass is 9.89. The summed E-state index contributed by atoms with van der Waals surface area (Å²) in [5, 5.41) is 0.432. The van der Waals surface area contributed by atoms with Gasteiger partial charge in [-0.2, -0.15) is 21.7 Å². The van der Waals surface area contributed by atoms with E-state index >= 15 is 0 Å². The summed E-state index contributed by atoms with van der Waals surface area (Å²) in [5.41, 5.74) is 5.90. The van der Waals surface area contributed by atoms with Crippen LogP contribution in [-0.2, 0) is 0 Å². The number of rotatable bonds is 2. The maximum absolute atomic E-state index is 5.90. The number of hydrogen-bond donors (Lipinski definition) is 1. The summed E-state index contributed by atoms with van der Waals surface area (Å²) in [7, 11) is 0. The first-order valence-corrected chi connectivity index (χ1v) is 8.51. The summed E-state index contributed by atoms with van der Waals surface area (Å²) in [4.78, 5) is 13.5. The quantitative estimate of drug-likeness (QED) is 0.897. The van der Waals surface area contributed by atoms with Crippen molar-refractivity contribution in [3.05, 3.63) is 11.6 Å². The Morgan fingerprint density at radius 2 is 1.58 bits per heavy atom. The van der Waals surface area contributed by atoms with Crippen LogP contribution in [0.2, 0.25) is 0 Å². The Bertz CT molecular complexity index is 389. The van der Waals surface area contributed by atoms with Crippen LogP contribution in [0.15, 0.2) is 0 Å². The van der Waals surface area contributed by atoms with Gasteiger partial charge >= 0.3 is 0 Å². The van der Waals surface area contributed by atoms with Crippen molar-refractivity contribution in [2.24, 2.45) is 0 Å². The predicted molar refractivity (Wildman–Crippen MR) is 79.1 cm³/mol. The van der Waals surface area contributed by atoms with Gasteiger partial charge in [0.25, 0.3) is 0 Å². The third-order valence-corrected chi connectivity index (χ3v) is 5.50. The minimum Gasteiger partial charge on any atom is -0.368 e. The molecule has 0 aromatic carbocycles. The molecule has 0 spiro atoms.